The van der Waals surface area contributed by atoms with Gasteiger partial charge in [-0.1, -0.05) is 0 Å². The lowest BCUT2D eigenvalue weighted by atomic mass is 10.3. The van der Waals surface area contributed by atoms with Crippen molar-refractivity contribution in [1.29, 1.82) is 0 Å². The molecule has 0 bridgehead atoms. The molecule has 2 N–H and O–H groups in total. The van der Waals surface area contributed by atoms with Gasteiger partial charge in [-0.25, -0.2) is 4.57 Å². The van der Waals surface area contributed by atoms with E-state index in [1.807, 2.05) is 6.92 Å². The summed E-state index contributed by atoms with van der Waals surface area (Å²) >= 11 is 0. The van der Waals surface area contributed by atoms with E-state index in [0.29, 0.717) is 6.01 Å². The Balaban J connectivity index is 2.86. The molecule has 12 heavy (non-hydrogen) atoms. The Morgan fingerprint density at radius 2 is 2.33 bits per heavy atom. The summed E-state index contributed by atoms with van der Waals surface area (Å²) in [6.45, 7) is 2.67. The quantitative estimate of drug-likeness (QED) is 0.438. The molecule has 1 aromatic rings. The molecule has 0 spiro atoms. The summed E-state index contributed by atoms with van der Waals surface area (Å²) in [6, 6.07) is 0.424. The van der Waals surface area contributed by atoms with Crippen molar-refractivity contribution in [3.8, 4) is 6.01 Å². The maximum Gasteiger partial charge on any atom is 0.712 e. The Labute approximate surface area is 71.0 Å². The SMILES string of the molecule is CCn1cc[n+](C)c1OB(O)O. The maximum atomic E-state index is 8.58. The highest BCUT2D eigenvalue weighted by molar-refractivity contribution is 6.33. The van der Waals surface area contributed by atoms with E-state index in [4.69, 9.17) is 14.7 Å². The van der Waals surface area contributed by atoms with Gasteiger partial charge in [0.25, 0.3) is 0 Å². The third-order valence-electron chi connectivity index (χ3n) is 1.57. The van der Waals surface area contributed by atoms with Gasteiger partial charge < -0.3 is 14.7 Å². The molecule has 1 rings (SSSR count). The maximum absolute atomic E-state index is 8.58. The molecule has 0 saturated carbocycles. The highest BCUT2D eigenvalue weighted by Gasteiger charge is 2.22. The van der Waals surface area contributed by atoms with Crippen LogP contribution in [0.4, 0.5) is 0 Å². The predicted octanol–water partition coefficient (Wildman–Crippen LogP) is -1.32. The van der Waals surface area contributed by atoms with Gasteiger partial charge in [0.1, 0.15) is 12.4 Å². The molecule has 0 saturated heterocycles. The zero-order valence-corrected chi connectivity index (χ0v) is 7.14. The lowest BCUT2D eigenvalue weighted by molar-refractivity contribution is -0.674. The van der Waals surface area contributed by atoms with Crippen molar-refractivity contribution >= 4 is 7.32 Å². The Morgan fingerprint density at radius 3 is 2.83 bits per heavy atom. The van der Waals surface area contributed by atoms with Crippen LogP contribution in [0.2, 0.25) is 0 Å². The number of hydrogen-bond donors (Lipinski definition) is 2. The molecular weight excluding hydrogens is 159 g/mol. The van der Waals surface area contributed by atoms with Crippen LogP contribution < -0.4 is 9.22 Å². The second-order valence-corrected chi connectivity index (χ2v) is 2.42. The first-order chi connectivity index (χ1) is 5.65. The predicted molar refractivity (Wildman–Crippen MR) is 42.1 cm³/mol. The summed E-state index contributed by atoms with van der Waals surface area (Å²) in [5.74, 6) is 0. The van der Waals surface area contributed by atoms with Gasteiger partial charge in [0.2, 0.25) is 0 Å². The molecule has 0 amide bonds. The van der Waals surface area contributed by atoms with Crippen molar-refractivity contribution in [2.24, 2.45) is 7.05 Å². The van der Waals surface area contributed by atoms with Gasteiger partial charge in [0, 0.05) is 0 Å². The molecule has 0 unspecified atom stereocenters. The second-order valence-electron chi connectivity index (χ2n) is 2.42. The molecule has 0 fully saturated rings. The topological polar surface area (TPSA) is 58.5 Å². The average Bonchev–Trinajstić information content (AvgIpc) is 2.32. The van der Waals surface area contributed by atoms with Crippen molar-refractivity contribution in [3.63, 3.8) is 0 Å². The number of nitrogens with zero attached hydrogens (tertiary/aromatic N) is 2. The number of imidazole rings is 1. The van der Waals surface area contributed by atoms with Gasteiger partial charge in [-0.05, 0) is 6.92 Å². The molecule has 66 valence electrons. The van der Waals surface area contributed by atoms with E-state index in [1.165, 1.54) is 0 Å². The molecule has 5 nitrogen and oxygen atoms in total. The summed E-state index contributed by atoms with van der Waals surface area (Å²) in [7, 11) is 0.000509. The molecule has 1 heterocycles. The van der Waals surface area contributed by atoms with Crippen LogP contribution in [0.5, 0.6) is 6.01 Å². The summed E-state index contributed by atoms with van der Waals surface area (Å²) in [5.41, 5.74) is 0. The van der Waals surface area contributed by atoms with Gasteiger partial charge >= 0.3 is 13.3 Å². The van der Waals surface area contributed by atoms with E-state index in [1.54, 1.807) is 28.6 Å². The average molecular weight is 171 g/mol. The van der Waals surface area contributed by atoms with Crippen LogP contribution in [0.1, 0.15) is 6.92 Å². The first-order valence-corrected chi connectivity index (χ1v) is 3.72. The van der Waals surface area contributed by atoms with Crippen molar-refractivity contribution < 1.29 is 19.3 Å². The molecule has 6 heteroatoms. The van der Waals surface area contributed by atoms with E-state index >= 15 is 0 Å². The fourth-order valence-corrected chi connectivity index (χ4v) is 0.996. The number of aromatic nitrogens is 2. The van der Waals surface area contributed by atoms with Crippen LogP contribution in [-0.2, 0) is 13.6 Å². The number of aryl methyl sites for hydroxylation is 2. The van der Waals surface area contributed by atoms with Crippen molar-refractivity contribution in [1.82, 2.24) is 4.57 Å². The van der Waals surface area contributed by atoms with Crippen LogP contribution in [0, 0.1) is 0 Å². The molecule has 0 atom stereocenters. The first kappa shape index (κ1) is 9.09. The highest BCUT2D eigenvalue weighted by Crippen LogP contribution is 2.03. The van der Waals surface area contributed by atoms with Crippen molar-refractivity contribution in [3.05, 3.63) is 12.4 Å². The highest BCUT2D eigenvalue weighted by atomic mass is 16.6. The number of rotatable bonds is 3. The van der Waals surface area contributed by atoms with Gasteiger partial charge in [-0.15, -0.1) is 0 Å². The zero-order valence-electron chi connectivity index (χ0n) is 7.14. The fraction of sp³-hybridized carbons (Fsp3) is 0.500. The van der Waals surface area contributed by atoms with Crippen LogP contribution in [-0.4, -0.2) is 21.9 Å². The molecular formula is C6H12BN2O3+. The summed E-state index contributed by atoms with van der Waals surface area (Å²) in [6.07, 6.45) is 3.58. The second kappa shape index (κ2) is 3.60. The van der Waals surface area contributed by atoms with Gasteiger partial charge in [0.15, 0.2) is 0 Å². The Hall–Kier alpha value is -1.01. The third-order valence-corrected chi connectivity index (χ3v) is 1.57. The Bertz CT molecular complexity index is 261. The van der Waals surface area contributed by atoms with Gasteiger partial charge in [-0.3, -0.25) is 0 Å². The number of hydrogen-bond acceptors (Lipinski definition) is 3. The summed E-state index contributed by atoms with van der Waals surface area (Å²) in [5, 5.41) is 17.2. The largest absolute Gasteiger partial charge is 0.712 e. The smallest absolute Gasteiger partial charge is 0.449 e. The van der Waals surface area contributed by atoms with Crippen LogP contribution >= 0.6 is 0 Å². The van der Waals surface area contributed by atoms with E-state index in [0.717, 1.165) is 6.54 Å². The van der Waals surface area contributed by atoms with Crippen LogP contribution in [0.25, 0.3) is 0 Å². The summed E-state index contributed by atoms with van der Waals surface area (Å²) in [4.78, 5) is 0. The minimum absolute atomic E-state index is 0.424. The molecule has 0 aliphatic heterocycles. The van der Waals surface area contributed by atoms with E-state index in [-0.39, 0.29) is 0 Å². The minimum Gasteiger partial charge on any atom is -0.449 e. The lowest BCUT2D eigenvalue weighted by Gasteiger charge is -2.00. The normalized spacial score (nSPS) is 10.0. The monoisotopic (exact) mass is 171 g/mol. The van der Waals surface area contributed by atoms with Crippen LogP contribution in [0.15, 0.2) is 12.4 Å². The van der Waals surface area contributed by atoms with Gasteiger partial charge in [-0.2, -0.15) is 4.57 Å². The fourth-order valence-electron chi connectivity index (χ4n) is 0.996. The molecule has 0 radical (unpaired) electrons. The van der Waals surface area contributed by atoms with Crippen LogP contribution in [0.3, 0.4) is 0 Å². The van der Waals surface area contributed by atoms with E-state index in [2.05, 4.69) is 0 Å². The van der Waals surface area contributed by atoms with Crippen molar-refractivity contribution in [2.75, 3.05) is 0 Å². The Kier molecular flexibility index (Phi) is 2.72. The lowest BCUT2D eigenvalue weighted by Crippen LogP contribution is -2.34. The molecule has 0 aliphatic rings. The van der Waals surface area contributed by atoms with E-state index in [9.17, 15) is 0 Å². The zero-order chi connectivity index (χ0) is 9.14. The van der Waals surface area contributed by atoms with Crippen molar-refractivity contribution in [2.45, 2.75) is 13.5 Å². The minimum atomic E-state index is -1.77. The molecule has 0 aromatic carbocycles. The summed E-state index contributed by atoms with van der Waals surface area (Å²) < 4.78 is 8.18. The first-order valence-electron chi connectivity index (χ1n) is 3.72. The van der Waals surface area contributed by atoms with Gasteiger partial charge in [0.05, 0.1) is 13.6 Å². The third kappa shape index (κ3) is 1.78. The molecule has 0 aliphatic carbocycles. The Morgan fingerprint density at radius 1 is 1.67 bits per heavy atom. The van der Waals surface area contributed by atoms with E-state index < -0.39 is 7.32 Å². The standard InChI is InChI=1S/C6H12BN2O3/c1-3-9-5-4-8(2)6(9)12-7(10)11/h4-5,10-11H,3H2,1-2H3/q+1. The molecule has 1 aromatic heterocycles.